The van der Waals surface area contributed by atoms with Crippen molar-refractivity contribution in [3.05, 3.63) is 99.5 Å². The van der Waals surface area contributed by atoms with Crippen molar-refractivity contribution in [2.45, 2.75) is 103 Å². The molecule has 0 unspecified atom stereocenters. The first-order valence-corrected chi connectivity index (χ1v) is 19.3. The molecule has 2 heterocycles. The average Bonchev–Trinajstić information content (AvgIpc) is 3.57. The number of alkyl halides is 3. The third-order valence-corrected chi connectivity index (χ3v) is 9.71. The maximum atomic E-state index is 13.7. The zero-order valence-corrected chi connectivity index (χ0v) is 33.1. The van der Waals surface area contributed by atoms with Gasteiger partial charge in [-0.15, -0.1) is 13.2 Å². The molecule has 0 bridgehead atoms. The van der Waals surface area contributed by atoms with Crippen LogP contribution >= 0.6 is 11.6 Å². The van der Waals surface area contributed by atoms with Gasteiger partial charge in [0, 0.05) is 35.4 Å². The predicted octanol–water partition coefficient (Wildman–Crippen LogP) is 7.76. The molecule has 6 rings (SSSR count). The molecular weight excluding hydrogens is 784 g/mol. The monoisotopic (exact) mass is 832 g/mol. The van der Waals surface area contributed by atoms with Crippen LogP contribution in [0.2, 0.25) is 5.02 Å². The van der Waals surface area contributed by atoms with Gasteiger partial charge in [0.05, 0.1) is 34.5 Å². The van der Waals surface area contributed by atoms with E-state index >= 15 is 0 Å². The number of nitrogens with zero attached hydrogens (tertiary/aromatic N) is 3. The van der Waals surface area contributed by atoms with Crippen LogP contribution in [-0.2, 0) is 4.79 Å². The van der Waals surface area contributed by atoms with Crippen molar-refractivity contribution in [1.29, 1.82) is 0 Å². The number of halogens is 5. The number of aliphatic imine (C=N–C) groups is 1. The van der Waals surface area contributed by atoms with Gasteiger partial charge in [0.1, 0.15) is 22.8 Å². The Labute approximate surface area is 338 Å². The van der Waals surface area contributed by atoms with E-state index in [1.54, 1.807) is 25.3 Å². The van der Waals surface area contributed by atoms with Gasteiger partial charge in [-0.3, -0.25) is 14.3 Å². The highest BCUT2D eigenvalue weighted by Crippen LogP contribution is 2.33. The van der Waals surface area contributed by atoms with Gasteiger partial charge in [0.15, 0.2) is 5.82 Å². The summed E-state index contributed by atoms with van der Waals surface area (Å²) in [5.74, 6) is -0.365. The first-order chi connectivity index (χ1) is 27.7. The van der Waals surface area contributed by atoms with Crippen LogP contribution in [0.1, 0.15) is 78.2 Å². The zero-order valence-electron chi connectivity index (χ0n) is 32.3. The second-order valence-corrected chi connectivity index (χ2v) is 13.8. The summed E-state index contributed by atoms with van der Waals surface area (Å²) >= 11 is 5.72. The number of aliphatic hydroxyl groups is 2. The minimum atomic E-state index is -4.76. The highest BCUT2D eigenvalue weighted by molar-refractivity contribution is 6.30. The molecule has 2 aliphatic rings. The molecule has 0 radical (unpaired) electrons. The molecule has 1 amide bonds. The standard InChI is InChI=1S/C20H25F3N4O3.C18H18ClFN4O2.C2H6/c1-13(18(10-11-25-12-28)26-14-2-6-16(29)7-3-14)19(24)27-15-4-8-17(9-5-15)30-20(21,22)23;19-13-6-1-10(9-14(13)20)22-17-16-15(7-8-21-18(16)26)24(23-17)11-2-4-12(25)5-3-11;1-2/h4-5,8-12,14,16,26,29H,2-3,6-7H2,1H3,(H2,24,27)(H,25,28);1,6-9,11-12,25H,2-5H2,(H,21,26)(H,22,23);1-2H3/b11-10-,18-13-;;. The van der Waals surface area contributed by atoms with E-state index < -0.39 is 12.2 Å². The van der Waals surface area contributed by atoms with Crippen LogP contribution in [0.25, 0.3) is 10.9 Å². The fourth-order valence-electron chi connectivity index (χ4n) is 6.45. The summed E-state index contributed by atoms with van der Waals surface area (Å²) in [6, 6.07) is 11.4. The van der Waals surface area contributed by atoms with Gasteiger partial charge in [0.2, 0.25) is 6.41 Å². The van der Waals surface area contributed by atoms with Crippen molar-refractivity contribution in [3.8, 4) is 5.75 Å². The number of aromatic amines is 1. The lowest BCUT2D eigenvalue weighted by Crippen LogP contribution is -2.35. The summed E-state index contributed by atoms with van der Waals surface area (Å²) in [7, 11) is 0. The van der Waals surface area contributed by atoms with Gasteiger partial charge >= 0.3 is 6.36 Å². The number of benzene rings is 2. The Morgan fingerprint density at radius 2 is 1.66 bits per heavy atom. The number of carbonyl (C=O) groups excluding carboxylic acids is 1. The number of aromatic nitrogens is 3. The second kappa shape index (κ2) is 21.4. The summed E-state index contributed by atoms with van der Waals surface area (Å²) in [6.45, 7) is 5.74. The largest absolute Gasteiger partial charge is 0.573 e. The van der Waals surface area contributed by atoms with E-state index in [4.69, 9.17) is 17.3 Å². The van der Waals surface area contributed by atoms with Crippen molar-refractivity contribution in [3.63, 3.8) is 0 Å². The number of rotatable bonds is 11. The molecule has 0 saturated heterocycles. The van der Waals surface area contributed by atoms with Gasteiger partial charge in [-0.25, -0.2) is 9.38 Å². The molecular formula is C40H49ClF4N8O5. The Bertz CT molecular complexity index is 2100. The smallest absolute Gasteiger partial charge is 0.406 e. The molecule has 13 nitrogen and oxygen atoms in total. The van der Waals surface area contributed by atoms with Crippen molar-refractivity contribution in [2.75, 3.05) is 5.32 Å². The molecule has 0 spiro atoms. The summed E-state index contributed by atoms with van der Waals surface area (Å²) < 4.78 is 56.2. The minimum absolute atomic E-state index is 0.0320. The number of fused-ring (bicyclic) bond motifs is 1. The molecule has 2 aromatic carbocycles. The maximum Gasteiger partial charge on any atom is 0.573 e. The summed E-state index contributed by atoms with van der Waals surface area (Å²) in [6.07, 6.45) is 5.84. The maximum absolute atomic E-state index is 13.7. The summed E-state index contributed by atoms with van der Waals surface area (Å²) in [5, 5.41) is 33.3. The lowest BCUT2D eigenvalue weighted by molar-refractivity contribution is -0.274. The fraction of sp³-hybridized carbons (Fsp3) is 0.400. The van der Waals surface area contributed by atoms with Gasteiger partial charge in [-0.2, -0.15) is 5.10 Å². The molecule has 8 N–H and O–H groups in total. The van der Waals surface area contributed by atoms with Crippen LogP contribution in [0.4, 0.5) is 34.8 Å². The third kappa shape index (κ3) is 13.1. The van der Waals surface area contributed by atoms with Gasteiger partial charge in [0.25, 0.3) is 5.56 Å². The van der Waals surface area contributed by atoms with Crippen LogP contribution in [0.5, 0.6) is 5.75 Å². The Balaban J connectivity index is 0.000000248. The van der Waals surface area contributed by atoms with E-state index in [-0.39, 0.29) is 46.5 Å². The number of anilines is 2. The number of nitrogens with two attached hydrogens (primary N) is 1. The number of ether oxygens (including phenoxy) is 1. The quantitative estimate of drug-likeness (QED) is 0.0260. The van der Waals surface area contributed by atoms with Crippen LogP contribution < -0.4 is 32.0 Å². The third-order valence-electron chi connectivity index (χ3n) is 9.40. The number of pyridine rings is 1. The van der Waals surface area contributed by atoms with Gasteiger partial charge < -0.3 is 41.6 Å². The number of aliphatic hydroxyl groups excluding tert-OH is 2. The first-order valence-electron chi connectivity index (χ1n) is 18.9. The van der Waals surface area contributed by atoms with E-state index in [0.29, 0.717) is 71.5 Å². The lowest BCUT2D eigenvalue weighted by atomic mass is 9.93. The average molecular weight is 833 g/mol. The Hall–Kier alpha value is -5.39. The molecule has 2 aromatic heterocycles. The number of carbonyl (C=O) groups is 1. The number of hydrogen-bond acceptors (Lipinski definition) is 9. The molecule has 18 heteroatoms. The summed E-state index contributed by atoms with van der Waals surface area (Å²) in [4.78, 5) is 29.8. The number of amides is 1. The normalized spacial score (nSPS) is 20.2. The molecule has 2 saturated carbocycles. The molecule has 4 aromatic rings. The molecule has 2 fully saturated rings. The van der Waals surface area contributed by atoms with Gasteiger partial charge in [-0.1, -0.05) is 25.4 Å². The highest BCUT2D eigenvalue weighted by atomic mass is 35.5. The van der Waals surface area contributed by atoms with Crippen LogP contribution in [0.15, 0.2) is 88.1 Å². The van der Waals surface area contributed by atoms with E-state index in [2.05, 4.69) is 35.8 Å². The van der Waals surface area contributed by atoms with E-state index in [9.17, 15) is 37.4 Å². The van der Waals surface area contributed by atoms with Crippen molar-refractivity contribution >= 4 is 51.9 Å². The highest BCUT2D eigenvalue weighted by Gasteiger charge is 2.31. The Morgan fingerprint density at radius 1 is 1.02 bits per heavy atom. The Morgan fingerprint density at radius 3 is 2.26 bits per heavy atom. The second-order valence-electron chi connectivity index (χ2n) is 13.4. The van der Waals surface area contributed by atoms with E-state index in [0.717, 1.165) is 37.8 Å². The fourth-order valence-corrected chi connectivity index (χ4v) is 6.57. The number of allylic oxidation sites excluding steroid dienone is 1. The topological polar surface area (TPSA) is 192 Å². The van der Waals surface area contributed by atoms with Crippen molar-refractivity contribution in [2.24, 2.45) is 10.7 Å². The zero-order chi connectivity index (χ0) is 42.4. The predicted molar refractivity (Wildman–Crippen MR) is 217 cm³/mol. The van der Waals surface area contributed by atoms with Crippen LogP contribution in [0, 0.1) is 5.82 Å². The molecule has 58 heavy (non-hydrogen) atoms. The summed E-state index contributed by atoms with van der Waals surface area (Å²) in [5.41, 5.74) is 8.61. The number of hydrogen-bond donors (Lipinski definition) is 7. The number of nitrogens with one attached hydrogen (secondary N) is 4. The first kappa shape index (κ1) is 45.3. The lowest BCUT2D eigenvalue weighted by Gasteiger charge is -2.28. The van der Waals surface area contributed by atoms with E-state index in [1.807, 2.05) is 24.6 Å². The molecule has 0 aliphatic heterocycles. The number of amidine groups is 1. The van der Waals surface area contributed by atoms with Crippen molar-refractivity contribution in [1.82, 2.24) is 25.4 Å². The van der Waals surface area contributed by atoms with E-state index in [1.165, 1.54) is 30.5 Å². The Kier molecular flexibility index (Phi) is 16.7. The molecule has 0 atom stereocenters. The minimum Gasteiger partial charge on any atom is -0.406 e. The van der Waals surface area contributed by atoms with Crippen LogP contribution in [0.3, 0.4) is 0 Å². The number of H-pyrrole nitrogens is 1. The van der Waals surface area contributed by atoms with Crippen LogP contribution in [-0.4, -0.2) is 61.8 Å². The molecule has 2 aliphatic carbocycles. The van der Waals surface area contributed by atoms with Gasteiger partial charge in [-0.05, 0) is 113 Å². The van der Waals surface area contributed by atoms with Crippen molar-refractivity contribution < 1.29 is 37.3 Å². The molecule has 314 valence electrons. The SMILES string of the molecule is C/C(C(N)=Nc1ccc(OC(F)(F)F)cc1)=C(\C=C/NC=O)NC1CCC(O)CC1.CC.O=c1[nH]ccc2c1c(Nc1ccc(Cl)c(F)c1)nn2C1CCC(O)CC1.